The first kappa shape index (κ1) is 21.1. The molecule has 1 aliphatic rings. The van der Waals surface area contributed by atoms with Crippen molar-refractivity contribution in [3.05, 3.63) is 59.4 Å². The minimum absolute atomic E-state index is 0.0493. The van der Waals surface area contributed by atoms with Gasteiger partial charge in [0.1, 0.15) is 29.5 Å². The molecule has 4 aromatic rings. The number of anilines is 3. The van der Waals surface area contributed by atoms with Gasteiger partial charge in [-0.15, -0.1) is 0 Å². The van der Waals surface area contributed by atoms with Crippen LogP contribution in [0.1, 0.15) is 18.9 Å². The Kier molecular flexibility index (Phi) is 5.08. The normalized spacial score (nSPS) is 18.0. The Hall–Kier alpha value is -3.81. The van der Waals surface area contributed by atoms with Gasteiger partial charge in [0.05, 0.1) is 34.0 Å². The summed E-state index contributed by atoms with van der Waals surface area (Å²) in [4.78, 5) is 14.9. The summed E-state index contributed by atoms with van der Waals surface area (Å²) in [5, 5.41) is 27.4. The molecule has 11 heteroatoms. The largest absolute Gasteiger partial charge is 0.388 e. The van der Waals surface area contributed by atoms with E-state index in [1.807, 2.05) is 11.0 Å². The number of pyridine rings is 1. The number of hydrogen-bond acceptors (Lipinski definition) is 8. The van der Waals surface area contributed by atoms with Crippen LogP contribution >= 0.6 is 11.6 Å². The van der Waals surface area contributed by atoms with Crippen molar-refractivity contribution in [3.8, 4) is 11.8 Å². The molecule has 0 spiro atoms. The predicted octanol–water partition coefficient (Wildman–Crippen LogP) is 3.58. The molecular weight excluding hydrogens is 447 g/mol. The van der Waals surface area contributed by atoms with E-state index in [1.54, 1.807) is 31.5 Å². The third-order valence-corrected chi connectivity index (χ3v) is 5.78. The van der Waals surface area contributed by atoms with Gasteiger partial charge in [0, 0.05) is 36.8 Å². The van der Waals surface area contributed by atoms with Crippen LogP contribution in [0.4, 0.5) is 21.8 Å². The highest BCUT2D eigenvalue weighted by molar-refractivity contribution is 6.32. The van der Waals surface area contributed by atoms with Crippen LogP contribution in [0.25, 0.3) is 16.6 Å². The molecular formula is C22H18ClFN8O. The summed E-state index contributed by atoms with van der Waals surface area (Å²) < 4.78 is 16.1. The van der Waals surface area contributed by atoms with Crippen LogP contribution in [-0.4, -0.2) is 48.5 Å². The van der Waals surface area contributed by atoms with E-state index < -0.39 is 11.4 Å². The second-order valence-corrected chi connectivity index (χ2v) is 8.55. The van der Waals surface area contributed by atoms with Gasteiger partial charge in [-0.3, -0.25) is 0 Å². The summed E-state index contributed by atoms with van der Waals surface area (Å²) in [7, 11) is 0. The molecule has 4 heterocycles. The van der Waals surface area contributed by atoms with Crippen LogP contribution < -0.4 is 10.2 Å². The van der Waals surface area contributed by atoms with Crippen LogP contribution in [-0.2, 0) is 0 Å². The highest BCUT2D eigenvalue weighted by Crippen LogP contribution is 2.30. The van der Waals surface area contributed by atoms with Gasteiger partial charge in [0.15, 0.2) is 5.82 Å². The lowest BCUT2D eigenvalue weighted by atomic mass is 10.1. The fourth-order valence-corrected chi connectivity index (χ4v) is 4.15. The Balaban J connectivity index is 1.47. The molecule has 1 atom stereocenters. The fraction of sp³-hybridized carbons (Fsp3) is 0.227. The molecule has 1 aliphatic heterocycles. The minimum Gasteiger partial charge on any atom is -0.388 e. The Labute approximate surface area is 193 Å². The average molecular weight is 465 g/mol. The summed E-state index contributed by atoms with van der Waals surface area (Å²) in [6, 6.07) is 7.88. The van der Waals surface area contributed by atoms with E-state index >= 15 is 0 Å². The molecule has 0 aliphatic carbocycles. The van der Waals surface area contributed by atoms with Crippen molar-refractivity contribution in [3.63, 3.8) is 0 Å². The van der Waals surface area contributed by atoms with Gasteiger partial charge in [-0.1, -0.05) is 11.6 Å². The van der Waals surface area contributed by atoms with Gasteiger partial charge in [-0.2, -0.15) is 10.4 Å². The summed E-state index contributed by atoms with van der Waals surface area (Å²) in [5.74, 6) is 1.03. The maximum Gasteiger partial charge on any atom is 0.151 e. The van der Waals surface area contributed by atoms with E-state index in [1.165, 1.54) is 17.1 Å². The second kappa shape index (κ2) is 7.95. The van der Waals surface area contributed by atoms with Gasteiger partial charge in [-0.05, 0) is 25.5 Å². The predicted molar refractivity (Wildman–Crippen MR) is 121 cm³/mol. The van der Waals surface area contributed by atoms with Gasteiger partial charge < -0.3 is 15.3 Å². The zero-order valence-corrected chi connectivity index (χ0v) is 18.3. The molecule has 0 radical (unpaired) electrons. The molecule has 166 valence electrons. The van der Waals surface area contributed by atoms with E-state index in [2.05, 4.69) is 25.4 Å². The molecule has 1 unspecified atom stereocenters. The third-order valence-electron chi connectivity index (χ3n) is 5.49. The molecule has 0 bridgehead atoms. The maximum absolute atomic E-state index is 14.7. The first-order valence-corrected chi connectivity index (χ1v) is 10.5. The lowest BCUT2D eigenvalue weighted by Crippen LogP contribution is -2.30. The number of nitriles is 1. The smallest absolute Gasteiger partial charge is 0.151 e. The fourth-order valence-electron chi connectivity index (χ4n) is 3.86. The molecule has 1 fully saturated rings. The lowest BCUT2D eigenvalue weighted by Gasteiger charge is -2.20. The maximum atomic E-state index is 14.7. The van der Waals surface area contributed by atoms with Crippen molar-refractivity contribution < 1.29 is 9.50 Å². The number of aromatic nitrogens is 5. The third kappa shape index (κ3) is 4.04. The minimum atomic E-state index is -0.745. The number of aliphatic hydroxyl groups is 1. The van der Waals surface area contributed by atoms with E-state index in [9.17, 15) is 9.50 Å². The highest BCUT2D eigenvalue weighted by atomic mass is 35.5. The van der Waals surface area contributed by atoms with Gasteiger partial charge in [-0.25, -0.2) is 24.0 Å². The molecule has 5 rings (SSSR count). The molecule has 1 saturated heterocycles. The van der Waals surface area contributed by atoms with Crippen molar-refractivity contribution in [2.75, 3.05) is 23.3 Å². The zero-order valence-electron chi connectivity index (χ0n) is 17.5. The quantitative estimate of drug-likeness (QED) is 0.471. The molecule has 33 heavy (non-hydrogen) atoms. The van der Waals surface area contributed by atoms with Crippen molar-refractivity contribution in [2.24, 2.45) is 0 Å². The first-order valence-electron chi connectivity index (χ1n) is 10.1. The number of nitrogens with zero attached hydrogens (tertiary/aromatic N) is 7. The highest BCUT2D eigenvalue weighted by Gasteiger charge is 2.32. The SMILES string of the molecule is CC1(O)CCN(c2cc(Nc3cc4c(cn3)cnn4-c3c(F)cc(C#N)cc3Cl)ncn2)C1. The Morgan fingerprint density at radius 1 is 1.18 bits per heavy atom. The monoisotopic (exact) mass is 464 g/mol. The zero-order chi connectivity index (χ0) is 23.2. The van der Waals surface area contributed by atoms with Crippen LogP contribution in [0, 0.1) is 17.1 Å². The van der Waals surface area contributed by atoms with Crippen LogP contribution in [0.5, 0.6) is 0 Å². The van der Waals surface area contributed by atoms with Crippen LogP contribution in [0.2, 0.25) is 5.02 Å². The molecule has 0 saturated carbocycles. The van der Waals surface area contributed by atoms with E-state index in [0.29, 0.717) is 47.9 Å². The van der Waals surface area contributed by atoms with E-state index in [4.69, 9.17) is 16.9 Å². The number of fused-ring (bicyclic) bond motifs is 1. The molecule has 2 N–H and O–H groups in total. The summed E-state index contributed by atoms with van der Waals surface area (Å²) >= 11 is 6.25. The number of β-amino-alcohol motifs (C(OH)–C–C–N with tert-alkyl or cyclic N) is 1. The molecule has 1 aromatic carbocycles. The van der Waals surface area contributed by atoms with Crippen LogP contribution in [0.3, 0.4) is 0 Å². The topological polar surface area (TPSA) is 116 Å². The van der Waals surface area contributed by atoms with Gasteiger partial charge in [0.2, 0.25) is 0 Å². The molecule has 3 aromatic heterocycles. The molecule has 0 amide bonds. The Morgan fingerprint density at radius 2 is 2.00 bits per heavy atom. The Bertz CT molecular complexity index is 1390. The van der Waals surface area contributed by atoms with Crippen molar-refractivity contribution in [2.45, 2.75) is 18.9 Å². The lowest BCUT2D eigenvalue weighted by molar-refractivity contribution is 0.0839. The van der Waals surface area contributed by atoms with Gasteiger partial charge >= 0.3 is 0 Å². The number of rotatable bonds is 4. The number of halogens is 2. The molecule has 9 nitrogen and oxygen atoms in total. The van der Waals surface area contributed by atoms with Crippen LogP contribution in [0.15, 0.2) is 43.0 Å². The van der Waals surface area contributed by atoms with E-state index in [-0.39, 0.29) is 16.3 Å². The summed E-state index contributed by atoms with van der Waals surface area (Å²) in [5.41, 5.74) is 0.00263. The number of hydrogen-bond donors (Lipinski definition) is 2. The van der Waals surface area contributed by atoms with Gasteiger partial charge in [0.25, 0.3) is 0 Å². The van der Waals surface area contributed by atoms with E-state index in [0.717, 1.165) is 6.07 Å². The number of nitrogens with one attached hydrogen (secondary N) is 1. The number of benzene rings is 1. The second-order valence-electron chi connectivity index (χ2n) is 8.14. The average Bonchev–Trinajstić information content (AvgIpc) is 3.36. The van der Waals surface area contributed by atoms with Crippen molar-refractivity contribution in [1.29, 1.82) is 5.26 Å². The Morgan fingerprint density at radius 3 is 2.73 bits per heavy atom. The first-order chi connectivity index (χ1) is 15.8. The summed E-state index contributed by atoms with van der Waals surface area (Å²) in [6.07, 6.45) is 5.27. The van der Waals surface area contributed by atoms with Crippen molar-refractivity contribution >= 4 is 40.0 Å². The standard InChI is InChI=1S/C22H18ClFN8O/c1-22(33)2-3-31(11-22)20-7-19(27-12-28-20)30-18-6-17-14(9-26-18)10-29-32(17)21-15(23)4-13(8-25)5-16(21)24/h4-7,9-10,12,33H,2-3,11H2,1H3,(H,26,27,28,30). The summed E-state index contributed by atoms with van der Waals surface area (Å²) in [6.45, 7) is 2.99. The van der Waals surface area contributed by atoms with Crippen molar-refractivity contribution in [1.82, 2.24) is 24.7 Å².